The Bertz CT molecular complexity index is 221. The Morgan fingerprint density at radius 1 is 1.31 bits per heavy atom. The molecule has 0 aliphatic rings. The zero-order valence-corrected chi connectivity index (χ0v) is 11.0. The Kier molecular flexibility index (Phi) is 7.96. The highest BCUT2D eigenvalue weighted by Gasteiger charge is 2.13. The van der Waals surface area contributed by atoms with E-state index in [-0.39, 0.29) is 0 Å². The smallest absolute Gasteiger partial charge is 0.330 e. The molecule has 94 valence electrons. The molecule has 2 heteroatoms. The molecular formula is C14H26O2. The number of carbonyl (C=O) groups is 1. The van der Waals surface area contributed by atoms with Gasteiger partial charge in [-0.1, -0.05) is 46.6 Å². The van der Waals surface area contributed by atoms with Crippen LogP contribution in [0.3, 0.4) is 0 Å². The average molecular weight is 226 g/mol. The average Bonchev–Trinajstić information content (AvgIpc) is 2.25. The lowest BCUT2D eigenvalue weighted by Crippen LogP contribution is -2.08. The fourth-order valence-electron chi connectivity index (χ4n) is 2.01. The first-order chi connectivity index (χ1) is 7.51. The molecule has 0 aromatic heterocycles. The van der Waals surface area contributed by atoms with Gasteiger partial charge in [0.05, 0.1) is 0 Å². The third kappa shape index (κ3) is 6.65. The first kappa shape index (κ1) is 15.2. The van der Waals surface area contributed by atoms with Crippen LogP contribution in [0.15, 0.2) is 12.2 Å². The number of hydrogen-bond acceptors (Lipinski definition) is 1. The van der Waals surface area contributed by atoms with Crippen molar-refractivity contribution in [2.45, 2.75) is 59.3 Å². The standard InChI is InChI=1S/C14H26O2/c1-5-7-13(10-11(3)6-2)9-8-12(4)14(15)16/h11,13H,4-10H2,1-3H3,(H,15,16). The number of rotatable bonds is 9. The highest BCUT2D eigenvalue weighted by molar-refractivity contribution is 5.85. The first-order valence-corrected chi connectivity index (χ1v) is 6.42. The van der Waals surface area contributed by atoms with Crippen molar-refractivity contribution in [1.82, 2.24) is 0 Å². The lowest BCUT2D eigenvalue weighted by molar-refractivity contribution is -0.132. The minimum atomic E-state index is -0.848. The number of aliphatic carboxylic acids is 1. The molecule has 2 unspecified atom stereocenters. The Labute approximate surface area is 99.7 Å². The first-order valence-electron chi connectivity index (χ1n) is 6.42. The van der Waals surface area contributed by atoms with Gasteiger partial charge in [-0.15, -0.1) is 0 Å². The quantitative estimate of drug-likeness (QED) is 0.596. The van der Waals surface area contributed by atoms with Gasteiger partial charge in [-0.3, -0.25) is 0 Å². The van der Waals surface area contributed by atoms with E-state index in [9.17, 15) is 4.79 Å². The van der Waals surface area contributed by atoms with Crippen molar-refractivity contribution >= 4 is 5.97 Å². The second kappa shape index (κ2) is 8.37. The van der Waals surface area contributed by atoms with Gasteiger partial charge in [0.15, 0.2) is 0 Å². The predicted octanol–water partition coefficient (Wildman–Crippen LogP) is 4.26. The number of hydrogen-bond donors (Lipinski definition) is 1. The molecule has 0 spiro atoms. The van der Waals surface area contributed by atoms with Gasteiger partial charge in [0.2, 0.25) is 0 Å². The molecule has 0 saturated carbocycles. The van der Waals surface area contributed by atoms with Gasteiger partial charge >= 0.3 is 5.97 Å². The lowest BCUT2D eigenvalue weighted by Gasteiger charge is -2.19. The summed E-state index contributed by atoms with van der Waals surface area (Å²) in [6.07, 6.45) is 6.43. The van der Waals surface area contributed by atoms with Crippen LogP contribution in [-0.2, 0) is 4.79 Å². The Balaban J connectivity index is 4.02. The van der Waals surface area contributed by atoms with Gasteiger partial charge in [-0.25, -0.2) is 4.79 Å². The molecule has 0 radical (unpaired) electrons. The van der Waals surface area contributed by atoms with Gasteiger partial charge in [-0.05, 0) is 31.1 Å². The minimum Gasteiger partial charge on any atom is -0.478 e. The van der Waals surface area contributed by atoms with Crippen molar-refractivity contribution in [2.75, 3.05) is 0 Å². The van der Waals surface area contributed by atoms with Crippen molar-refractivity contribution in [3.63, 3.8) is 0 Å². The van der Waals surface area contributed by atoms with Gasteiger partial charge in [0.1, 0.15) is 0 Å². The van der Waals surface area contributed by atoms with Gasteiger partial charge in [-0.2, -0.15) is 0 Å². The highest BCUT2D eigenvalue weighted by Crippen LogP contribution is 2.25. The summed E-state index contributed by atoms with van der Waals surface area (Å²) >= 11 is 0. The zero-order valence-electron chi connectivity index (χ0n) is 11.0. The van der Waals surface area contributed by atoms with E-state index in [1.807, 2.05) is 0 Å². The maximum absolute atomic E-state index is 10.6. The van der Waals surface area contributed by atoms with Crippen LogP contribution in [0.5, 0.6) is 0 Å². The maximum atomic E-state index is 10.6. The Hall–Kier alpha value is -0.790. The normalized spacial score (nSPS) is 14.4. The van der Waals surface area contributed by atoms with Crippen LogP contribution >= 0.6 is 0 Å². The fourth-order valence-corrected chi connectivity index (χ4v) is 2.01. The van der Waals surface area contributed by atoms with Gasteiger partial charge in [0.25, 0.3) is 0 Å². The Morgan fingerprint density at radius 2 is 1.94 bits per heavy atom. The summed E-state index contributed by atoms with van der Waals surface area (Å²) in [6, 6.07) is 0. The molecule has 0 heterocycles. The van der Waals surface area contributed by atoms with E-state index in [1.54, 1.807) is 0 Å². The molecule has 0 saturated heterocycles. The van der Waals surface area contributed by atoms with E-state index in [4.69, 9.17) is 5.11 Å². The fraction of sp³-hybridized carbons (Fsp3) is 0.786. The van der Waals surface area contributed by atoms with Crippen LogP contribution in [0.1, 0.15) is 59.3 Å². The van der Waals surface area contributed by atoms with E-state index < -0.39 is 5.97 Å². The summed E-state index contributed by atoms with van der Waals surface area (Å²) in [6.45, 7) is 10.3. The van der Waals surface area contributed by atoms with Crippen LogP contribution in [0, 0.1) is 11.8 Å². The number of carboxylic acids is 1. The maximum Gasteiger partial charge on any atom is 0.330 e. The van der Waals surface area contributed by atoms with E-state index in [0.29, 0.717) is 17.9 Å². The predicted molar refractivity (Wildman–Crippen MR) is 68.5 cm³/mol. The third-order valence-electron chi connectivity index (χ3n) is 3.29. The molecule has 0 amide bonds. The van der Waals surface area contributed by atoms with Crippen molar-refractivity contribution in [2.24, 2.45) is 11.8 Å². The summed E-state index contributed by atoms with van der Waals surface area (Å²) in [7, 11) is 0. The molecule has 2 atom stereocenters. The third-order valence-corrected chi connectivity index (χ3v) is 3.29. The van der Waals surface area contributed by atoms with Crippen molar-refractivity contribution in [3.8, 4) is 0 Å². The van der Waals surface area contributed by atoms with Crippen molar-refractivity contribution in [3.05, 3.63) is 12.2 Å². The molecule has 0 fully saturated rings. The van der Waals surface area contributed by atoms with Crippen molar-refractivity contribution in [1.29, 1.82) is 0 Å². The second-order valence-electron chi connectivity index (χ2n) is 4.85. The zero-order chi connectivity index (χ0) is 12.6. The minimum absolute atomic E-state index is 0.352. The summed E-state index contributed by atoms with van der Waals surface area (Å²) in [4.78, 5) is 10.6. The monoisotopic (exact) mass is 226 g/mol. The molecule has 0 aromatic carbocycles. The summed E-state index contributed by atoms with van der Waals surface area (Å²) in [5.41, 5.74) is 0.352. The molecule has 1 N–H and O–H groups in total. The SMILES string of the molecule is C=C(CCC(CCC)CC(C)CC)C(=O)O. The molecule has 2 nitrogen and oxygen atoms in total. The molecule has 0 aromatic rings. The van der Waals surface area contributed by atoms with Crippen LogP contribution in [0.4, 0.5) is 0 Å². The number of carboxylic acid groups (broad SMARTS) is 1. The molecule has 0 bridgehead atoms. The summed E-state index contributed by atoms with van der Waals surface area (Å²) in [5.74, 6) is 0.560. The summed E-state index contributed by atoms with van der Waals surface area (Å²) < 4.78 is 0. The lowest BCUT2D eigenvalue weighted by atomic mass is 9.86. The molecule has 16 heavy (non-hydrogen) atoms. The van der Waals surface area contributed by atoms with E-state index in [1.165, 1.54) is 25.7 Å². The van der Waals surface area contributed by atoms with E-state index in [2.05, 4.69) is 27.4 Å². The molecule has 0 aliphatic carbocycles. The Morgan fingerprint density at radius 3 is 2.38 bits per heavy atom. The van der Waals surface area contributed by atoms with Crippen LogP contribution < -0.4 is 0 Å². The van der Waals surface area contributed by atoms with Crippen LogP contribution in [0.25, 0.3) is 0 Å². The highest BCUT2D eigenvalue weighted by atomic mass is 16.4. The van der Waals surface area contributed by atoms with Crippen LogP contribution in [0.2, 0.25) is 0 Å². The summed E-state index contributed by atoms with van der Waals surface area (Å²) in [5, 5.41) is 8.75. The van der Waals surface area contributed by atoms with E-state index in [0.717, 1.165) is 12.3 Å². The van der Waals surface area contributed by atoms with Gasteiger partial charge in [0, 0.05) is 5.57 Å². The van der Waals surface area contributed by atoms with E-state index >= 15 is 0 Å². The van der Waals surface area contributed by atoms with Gasteiger partial charge < -0.3 is 5.11 Å². The second-order valence-corrected chi connectivity index (χ2v) is 4.85. The molecule has 0 rings (SSSR count). The largest absolute Gasteiger partial charge is 0.478 e. The topological polar surface area (TPSA) is 37.3 Å². The molecule has 0 aliphatic heterocycles. The van der Waals surface area contributed by atoms with Crippen molar-refractivity contribution < 1.29 is 9.90 Å². The molecular weight excluding hydrogens is 200 g/mol. The van der Waals surface area contributed by atoms with Crippen LogP contribution in [-0.4, -0.2) is 11.1 Å².